The summed E-state index contributed by atoms with van der Waals surface area (Å²) >= 11 is 0. The highest BCUT2D eigenvalue weighted by molar-refractivity contribution is 5.93. The third-order valence-corrected chi connectivity index (χ3v) is 5.27. The SMILES string of the molecule is CC[C@@](NC(=O)c1cnc[nH]1)(c1cccc2oc(-c3ccccc3)nc12)[C@H](C)O. The number of oxazole rings is 1. The zero-order valence-electron chi connectivity index (χ0n) is 16.2. The Morgan fingerprint density at radius 1 is 1.24 bits per heavy atom. The number of H-pyrrole nitrogens is 1. The molecule has 7 heteroatoms. The Kier molecular flexibility index (Phi) is 4.90. The second kappa shape index (κ2) is 7.52. The van der Waals surface area contributed by atoms with Crippen molar-refractivity contribution < 1.29 is 14.3 Å². The van der Waals surface area contributed by atoms with Crippen molar-refractivity contribution in [2.75, 3.05) is 0 Å². The van der Waals surface area contributed by atoms with Crippen LogP contribution in [0.4, 0.5) is 0 Å². The molecule has 2 aromatic carbocycles. The quantitative estimate of drug-likeness (QED) is 0.466. The lowest BCUT2D eigenvalue weighted by atomic mass is 9.81. The van der Waals surface area contributed by atoms with Gasteiger partial charge in [-0.3, -0.25) is 4.79 Å². The molecule has 29 heavy (non-hydrogen) atoms. The Labute approximate surface area is 167 Å². The largest absolute Gasteiger partial charge is 0.436 e. The molecule has 0 radical (unpaired) electrons. The van der Waals surface area contributed by atoms with Crippen LogP contribution in [0.1, 0.15) is 36.3 Å². The first-order chi connectivity index (χ1) is 14.0. The van der Waals surface area contributed by atoms with Gasteiger partial charge in [0.2, 0.25) is 5.89 Å². The number of para-hydroxylation sites is 1. The average Bonchev–Trinajstić information content (AvgIpc) is 3.42. The highest BCUT2D eigenvalue weighted by Gasteiger charge is 2.40. The summed E-state index contributed by atoms with van der Waals surface area (Å²) in [6.07, 6.45) is 2.47. The van der Waals surface area contributed by atoms with Crippen LogP contribution < -0.4 is 5.32 Å². The van der Waals surface area contributed by atoms with Crippen molar-refractivity contribution in [3.05, 3.63) is 72.3 Å². The number of aromatic nitrogens is 3. The van der Waals surface area contributed by atoms with Gasteiger partial charge in [0.25, 0.3) is 5.91 Å². The number of aliphatic hydroxyl groups excluding tert-OH is 1. The van der Waals surface area contributed by atoms with Gasteiger partial charge >= 0.3 is 0 Å². The summed E-state index contributed by atoms with van der Waals surface area (Å²) in [7, 11) is 0. The fraction of sp³-hybridized carbons (Fsp3) is 0.227. The number of hydrogen-bond acceptors (Lipinski definition) is 5. The first-order valence-corrected chi connectivity index (χ1v) is 9.49. The number of amides is 1. The molecule has 0 fully saturated rings. The van der Waals surface area contributed by atoms with E-state index in [9.17, 15) is 9.90 Å². The number of carbonyl (C=O) groups is 1. The summed E-state index contributed by atoms with van der Waals surface area (Å²) in [5.74, 6) is 0.137. The molecule has 0 unspecified atom stereocenters. The molecule has 0 spiro atoms. The molecule has 1 amide bonds. The molecule has 2 heterocycles. The Hall–Kier alpha value is -3.45. The Morgan fingerprint density at radius 2 is 2.03 bits per heavy atom. The van der Waals surface area contributed by atoms with E-state index in [1.165, 1.54) is 12.5 Å². The number of carbonyl (C=O) groups excluding carboxylic acids is 1. The Bertz CT molecular complexity index is 1120. The third kappa shape index (κ3) is 3.30. The van der Waals surface area contributed by atoms with Crippen molar-refractivity contribution in [1.29, 1.82) is 0 Å². The summed E-state index contributed by atoms with van der Waals surface area (Å²) in [4.78, 5) is 24.2. The molecule has 0 aliphatic heterocycles. The van der Waals surface area contributed by atoms with Crippen LogP contribution in [0.25, 0.3) is 22.6 Å². The van der Waals surface area contributed by atoms with Crippen LogP contribution in [-0.4, -0.2) is 32.1 Å². The van der Waals surface area contributed by atoms with Crippen LogP contribution in [0.2, 0.25) is 0 Å². The molecule has 3 N–H and O–H groups in total. The predicted octanol–water partition coefficient (Wildman–Crippen LogP) is 3.63. The number of imidazole rings is 1. The smallest absolute Gasteiger partial charge is 0.270 e. The molecule has 7 nitrogen and oxygen atoms in total. The van der Waals surface area contributed by atoms with E-state index < -0.39 is 11.6 Å². The number of fused-ring (bicyclic) bond motifs is 1. The first kappa shape index (κ1) is 18.9. The van der Waals surface area contributed by atoms with E-state index in [0.29, 0.717) is 34.7 Å². The number of benzene rings is 2. The molecule has 0 saturated heterocycles. The number of nitrogens with zero attached hydrogens (tertiary/aromatic N) is 2. The van der Waals surface area contributed by atoms with Gasteiger partial charge in [-0.2, -0.15) is 0 Å². The fourth-order valence-corrected chi connectivity index (χ4v) is 3.63. The van der Waals surface area contributed by atoms with Gasteiger partial charge in [0.15, 0.2) is 5.58 Å². The molecule has 0 saturated carbocycles. The molecule has 148 valence electrons. The lowest BCUT2D eigenvalue weighted by molar-refractivity contribution is 0.0555. The van der Waals surface area contributed by atoms with E-state index >= 15 is 0 Å². The zero-order valence-corrected chi connectivity index (χ0v) is 16.2. The molecule has 4 aromatic rings. The summed E-state index contributed by atoms with van der Waals surface area (Å²) in [6.45, 7) is 3.57. The molecule has 0 aliphatic carbocycles. The van der Waals surface area contributed by atoms with Crippen molar-refractivity contribution in [3.63, 3.8) is 0 Å². The van der Waals surface area contributed by atoms with Gasteiger partial charge in [0.1, 0.15) is 11.2 Å². The van der Waals surface area contributed by atoms with Crippen LogP contribution in [-0.2, 0) is 5.54 Å². The summed E-state index contributed by atoms with van der Waals surface area (Å²) in [5.41, 5.74) is 2.03. The van der Waals surface area contributed by atoms with Crippen molar-refractivity contribution in [2.24, 2.45) is 0 Å². The maximum Gasteiger partial charge on any atom is 0.270 e. The number of hydrogen-bond donors (Lipinski definition) is 3. The topological polar surface area (TPSA) is 104 Å². The van der Waals surface area contributed by atoms with E-state index in [-0.39, 0.29) is 5.91 Å². The summed E-state index contributed by atoms with van der Waals surface area (Å²) in [5, 5.41) is 13.7. The monoisotopic (exact) mass is 390 g/mol. The number of aliphatic hydroxyl groups is 1. The fourth-order valence-electron chi connectivity index (χ4n) is 3.63. The number of rotatable bonds is 6. The van der Waals surface area contributed by atoms with Gasteiger partial charge in [-0.1, -0.05) is 37.3 Å². The van der Waals surface area contributed by atoms with Crippen molar-refractivity contribution in [3.8, 4) is 11.5 Å². The van der Waals surface area contributed by atoms with Gasteiger partial charge < -0.3 is 19.8 Å². The van der Waals surface area contributed by atoms with Crippen LogP contribution in [0, 0.1) is 0 Å². The third-order valence-electron chi connectivity index (χ3n) is 5.27. The minimum atomic E-state index is -1.05. The minimum Gasteiger partial charge on any atom is -0.436 e. The lowest BCUT2D eigenvalue weighted by Gasteiger charge is -2.37. The minimum absolute atomic E-state index is 0.320. The Balaban J connectivity index is 1.84. The number of nitrogens with one attached hydrogen (secondary N) is 2. The highest BCUT2D eigenvalue weighted by Crippen LogP contribution is 2.36. The normalized spacial score (nSPS) is 14.4. The highest BCUT2D eigenvalue weighted by atomic mass is 16.3. The molecule has 0 aliphatic rings. The summed E-state index contributed by atoms with van der Waals surface area (Å²) in [6, 6.07) is 15.1. The van der Waals surface area contributed by atoms with Crippen LogP contribution >= 0.6 is 0 Å². The van der Waals surface area contributed by atoms with Crippen molar-refractivity contribution in [1.82, 2.24) is 20.3 Å². The van der Waals surface area contributed by atoms with Gasteiger partial charge in [-0.15, -0.1) is 0 Å². The van der Waals surface area contributed by atoms with Crippen LogP contribution in [0.15, 0.2) is 65.5 Å². The van der Waals surface area contributed by atoms with Gasteiger partial charge in [0.05, 0.1) is 24.2 Å². The van der Waals surface area contributed by atoms with E-state index in [1.807, 2.05) is 55.5 Å². The van der Waals surface area contributed by atoms with Crippen molar-refractivity contribution in [2.45, 2.75) is 31.9 Å². The molecule has 2 aromatic heterocycles. The molecule has 0 bridgehead atoms. The van der Waals surface area contributed by atoms with E-state index in [0.717, 1.165) is 5.56 Å². The average molecular weight is 390 g/mol. The van der Waals surface area contributed by atoms with Gasteiger partial charge in [-0.25, -0.2) is 9.97 Å². The van der Waals surface area contributed by atoms with E-state index in [4.69, 9.17) is 9.40 Å². The molecular weight excluding hydrogens is 368 g/mol. The molecule has 4 rings (SSSR count). The predicted molar refractivity (Wildman–Crippen MR) is 109 cm³/mol. The first-order valence-electron chi connectivity index (χ1n) is 9.49. The second-order valence-corrected chi connectivity index (χ2v) is 6.96. The number of aromatic amines is 1. The van der Waals surface area contributed by atoms with Gasteiger partial charge in [-0.05, 0) is 31.5 Å². The maximum absolute atomic E-state index is 12.8. The molecular formula is C22H22N4O3. The van der Waals surface area contributed by atoms with Crippen molar-refractivity contribution >= 4 is 17.0 Å². The maximum atomic E-state index is 12.8. The lowest BCUT2D eigenvalue weighted by Crippen LogP contribution is -2.53. The second-order valence-electron chi connectivity index (χ2n) is 6.96. The van der Waals surface area contributed by atoms with Gasteiger partial charge in [0, 0.05) is 11.1 Å². The van der Waals surface area contributed by atoms with E-state index in [2.05, 4.69) is 15.3 Å². The zero-order chi connectivity index (χ0) is 20.4. The van der Waals surface area contributed by atoms with E-state index in [1.54, 1.807) is 6.92 Å². The molecule has 2 atom stereocenters. The van der Waals surface area contributed by atoms with Crippen LogP contribution in [0.3, 0.4) is 0 Å². The van der Waals surface area contributed by atoms with Crippen LogP contribution in [0.5, 0.6) is 0 Å². The summed E-state index contributed by atoms with van der Waals surface area (Å²) < 4.78 is 5.97. The standard InChI is InChI=1S/C22H22N4O3/c1-3-22(14(2)27,26-20(28)17-12-23-13-24-17)16-10-7-11-18-19(16)25-21(29-18)15-8-5-4-6-9-15/h4-14,27H,3H2,1-2H3,(H,23,24)(H,26,28)/t14-,22-/m0/s1. The Morgan fingerprint density at radius 3 is 2.69 bits per heavy atom.